The zero-order valence-corrected chi connectivity index (χ0v) is 23.4. The predicted octanol–water partition coefficient (Wildman–Crippen LogP) is -0.837. The summed E-state index contributed by atoms with van der Waals surface area (Å²) >= 11 is 0. The maximum absolute atomic E-state index is 12.6. The van der Waals surface area contributed by atoms with Gasteiger partial charge in [-0.25, -0.2) is 18.5 Å². The van der Waals surface area contributed by atoms with Gasteiger partial charge in [-0.1, -0.05) is 12.1 Å². The van der Waals surface area contributed by atoms with E-state index in [4.69, 9.17) is 0 Å². The van der Waals surface area contributed by atoms with Crippen LogP contribution in [-0.2, 0) is 49.8 Å². The number of sulfone groups is 1. The summed E-state index contributed by atoms with van der Waals surface area (Å²) in [4.78, 5) is 47.5. The molecule has 2 aromatic heterocycles. The molecule has 1 aromatic carbocycles. The molecule has 0 bridgehead atoms. The van der Waals surface area contributed by atoms with Crippen LogP contribution in [0.5, 0.6) is 0 Å². The van der Waals surface area contributed by atoms with Crippen LogP contribution < -0.4 is 20.8 Å². The molecule has 1 atom stereocenters. The predicted molar refractivity (Wildman–Crippen MR) is 116 cm³/mol. The third kappa shape index (κ3) is 7.00. The Bertz CT molecular complexity index is 1390. The molecule has 0 spiro atoms. The second-order valence-corrected chi connectivity index (χ2v) is 11.1. The second kappa shape index (κ2) is 11.0. The quantitative estimate of drug-likeness (QED) is 0.192. The number of hydroxylamine groups is 1. The van der Waals surface area contributed by atoms with Gasteiger partial charge in [0.15, 0.2) is 14.6 Å². The number of carbonyl (C=O) groups is 1. The van der Waals surface area contributed by atoms with Gasteiger partial charge in [0.1, 0.15) is 0 Å². The van der Waals surface area contributed by atoms with Crippen LogP contribution in [0.3, 0.4) is 0 Å². The molecule has 16 heteroatoms. The van der Waals surface area contributed by atoms with Crippen molar-refractivity contribution in [3.8, 4) is 16.8 Å². The zero-order valence-electron chi connectivity index (χ0n) is 18.7. The maximum Gasteiger partial charge on any atom is 2.00 e. The van der Waals surface area contributed by atoms with Gasteiger partial charge in [-0.05, 0) is 42.7 Å². The van der Waals surface area contributed by atoms with Gasteiger partial charge in [0.25, 0.3) is 11.5 Å². The number of pyridine rings is 1. The Morgan fingerprint density at radius 2 is 1.74 bits per heavy atom. The van der Waals surface area contributed by atoms with Crippen LogP contribution in [0.2, 0.25) is 0 Å². The van der Waals surface area contributed by atoms with E-state index in [0.29, 0.717) is 5.56 Å². The van der Waals surface area contributed by atoms with E-state index in [-0.39, 0.29) is 26.0 Å². The average molecular weight is 575 g/mol. The van der Waals surface area contributed by atoms with Crippen LogP contribution in [0.1, 0.15) is 13.3 Å². The maximum atomic E-state index is 12.6. The number of nitrogens with zero attached hydrogens (tertiary/aromatic N) is 4. The first-order chi connectivity index (χ1) is 15.8. The van der Waals surface area contributed by atoms with E-state index in [1.807, 2.05) is 0 Å². The van der Waals surface area contributed by atoms with Crippen molar-refractivity contribution < 1.29 is 51.7 Å². The summed E-state index contributed by atoms with van der Waals surface area (Å²) < 4.78 is 37.8. The monoisotopic (exact) mass is 573 g/mol. The molecule has 0 fully saturated rings. The fourth-order valence-electron chi connectivity index (χ4n) is 3.01. The van der Waals surface area contributed by atoms with Gasteiger partial charge in [0.05, 0.1) is 25.9 Å². The number of nitrogens with one attached hydrogen (secondary N) is 1. The smallest absolute Gasteiger partial charge is 0.788 e. The third-order valence-electron chi connectivity index (χ3n) is 5.23. The van der Waals surface area contributed by atoms with Gasteiger partial charge >= 0.3 is 19.5 Å². The van der Waals surface area contributed by atoms with E-state index in [1.54, 1.807) is 42.7 Å². The molecule has 0 aliphatic heterocycles. The number of aryl methyl sites for hydroxylation is 1. The first-order valence-electron chi connectivity index (χ1n) is 9.68. The van der Waals surface area contributed by atoms with Crippen molar-refractivity contribution >= 4 is 23.6 Å². The van der Waals surface area contributed by atoms with Gasteiger partial charge in [0.2, 0.25) is 0 Å². The van der Waals surface area contributed by atoms with Crippen molar-refractivity contribution in [2.24, 2.45) is 0 Å². The van der Waals surface area contributed by atoms with Gasteiger partial charge in [-0.2, -0.15) is 15.0 Å². The van der Waals surface area contributed by atoms with Crippen LogP contribution in [-0.4, -0.2) is 44.9 Å². The zero-order chi connectivity index (χ0) is 25.1. The molecule has 0 saturated heterocycles. The minimum absolute atomic E-state index is 0. The summed E-state index contributed by atoms with van der Waals surface area (Å²) in [6.45, 7) is 0.851. The van der Waals surface area contributed by atoms with Crippen LogP contribution in [0.25, 0.3) is 16.8 Å². The van der Waals surface area contributed by atoms with Crippen molar-refractivity contribution in [2.45, 2.75) is 24.6 Å². The first-order valence-corrected chi connectivity index (χ1v) is 13.0. The molecule has 0 aliphatic rings. The summed E-state index contributed by atoms with van der Waals surface area (Å²) in [6.07, 6.45) is 4.92. The summed E-state index contributed by atoms with van der Waals surface area (Å²) in [7, 11) is -9.67. The molecule has 0 saturated carbocycles. The molecular formula is C19H20N5O8PSZn. The topological polar surface area (TPSA) is 188 Å². The molecule has 3 aromatic rings. The van der Waals surface area contributed by atoms with Gasteiger partial charge in [-0.15, -0.1) is 0 Å². The molecule has 0 radical (unpaired) electrons. The summed E-state index contributed by atoms with van der Waals surface area (Å²) in [5, 5.41) is 8.07. The fraction of sp³-hybridized carbons (Fsp3) is 0.263. The standard InChI is InChI=1S/C19H22N5O8PS.Zn/c1-19(34(2,30)31,18(26)22-32-33(27,28)29)8-12-23-11-7-15(13-17(23)25)14-3-5-16(6-4-14)24-20-9-10-21-24;/h3-7,9-11,13H,8,12H2,1-2H3,(H,22,26)(H2,27,28,29);/q;+2/p-2/t19-;/m1./s1. The molecule has 1 amide bonds. The molecular weight excluding hydrogens is 555 g/mol. The van der Waals surface area contributed by atoms with Crippen molar-refractivity contribution in [2.75, 3.05) is 6.26 Å². The minimum atomic E-state index is -5.57. The fourth-order valence-corrected chi connectivity index (χ4v) is 4.05. The summed E-state index contributed by atoms with van der Waals surface area (Å²) in [5.74, 6) is -1.35. The Balaban J connectivity index is 0.00000432. The number of aromatic nitrogens is 4. The van der Waals surface area contributed by atoms with Gasteiger partial charge in [-0.3, -0.25) is 9.59 Å². The number of carbonyl (C=O) groups excluding carboxylic acids is 1. The van der Waals surface area contributed by atoms with Crippen molar-refractivity contribution in [1.82, 2.24) is 25.0 Å². The van der Waals surface area contributed by atoms with E-state index in [1.165, 1.54) is 27.1 Å². The Labute approximate surface area is 213 Å². The molecule has 182 valence electrons. The van der Waals surface area contributed by atoms with Crippen molar-refractivity contribution in [3.05, 3.63) is 65.3 Å². The number of hydrogen-bond acceptors (Lipinski definition) is 10. The number of phosphoric acid groups is 1. The van der Waals surface area contributed by atoms with E-state index in [2.05, 4.69) is 14.8 Å². The normalized spacial score (nSPS) is 13.5. The van der Waals surface area contributed by atoms with E-state index in [9.17, 15) is 32.4 Å². The number of hydrogen-bond donors (Lipinski definition) is 1. The average Bonchev–Trinajstić information content (AvgIpc) is 3.30. The van der Waals surface area contributed by atoms with Crippen LogP contribution in [0.4, 0.5) is 0 Å². The van der Waals surface area contributed by atoms with E-state index < -0.39 is 40.3 Å². The van der Waals surface area contributed by atoms with Crippen molar-refractivity contribution in [3.63, 3.8) is 0 Å². The first kappa shape index (κ1) is 28.7. The molecule has 1 N–H and O–H groups in total. The van der Waals surface area contributed by atoms with E-state index in [0.717, 1.165) is 24.4 Å². The Kier molecular flexibility index (Phi) is 9.04. The van der Waals surface area contributed by atoms with Crippen LogP contribution >= 0.6 is 7.82 Å². The Morgan fingerprint density at radius 3 is 2.26 bits per heavy atom. The molecule has 35 heavy (non-hydrogen) atoms. The third-order valence-corrected chi connectivity index (χ3v) is 7.57. The second-order valence-electron chi connectivity index (χ2n) is 7.54. The molecule has 2 heterocycles. The number of rotatable bonds is 9. The summed E-state index contributed by atoms with van der Waals surface area (Å²) in [6, 6.07) is 10.1. The largest absolute Gasteiger partial charge is 2.00 e. The molecule has 0 unspecified atom stereocenters. The van der Waals surface area contributed by atoms with Crippen LogP contribution in [0, 0.1) is 0 Å². The van der Waals surface area contributed by atoms with Crippen LogP contribution in [0.15, 0.2) is 59.8 Å². The Hall–Kier alpha value is -2.54. The van der Waals surface area contributed by atoms with Gasteiger partial charge in [0, 0.05) is 25.1 Å². The number of amides is 1. The molecule has 0 aliphatic carbocycles. The van der Waals surface area contributed by atoms with E-state index >= 15 is 0 Å². The molecule has 13 nitrogen and oxygen atoms in total. The van der Waals surface area contributed by atoms with Crippen molar-refractivity contribution in [1.29, 1.82) is 0 Å². The summed E-state index contributed by atoms with van der Waals surface area (Å²) in [5.41, 5.74) is 3.00. The van der Waals surface area contributed by atoms with Gasteiger partial charge < -0.3 is 18.9 Å². The SMILES string of the molecule is C[C@@](CCn1ccc(-c2ccc(-n3nccn3)cc2)cc1=O)(C(=O)NOP(=O)([O-])[O-])S(C)(=O)=O.[Zn+2]. The number of benzene rings is 1. The Morgan fingerprint density at radius 1 is 1.14 bits per heavy atom. The minimum Gasteiger partial charge on any atom is -0.788 e. The molecule has 3 rings (SSSR count).